The minimum Gasteiger partial charge on any atom is -0.366 e. The maximum Gasteiger partial charge on any atom is 0.212 e. The van der Waals surface area contributed by atoms with Crippen molar-refractivity contribution in [2.75, 3.05) is 6.61 Å². The third-order valence-corrected chi connectivity index (χ3v) is 2.59. The first-order chi connectivity index (χ1) is 6.93. The first kappa shape index (κ1) is 7.94. The van der Waals surface area contributed by atoms with E-state index in [1.807, 2.05) is 0 Å². The zero-order valence-corrected chi connectivity index (χ0v) is 7.89. The standard InChI is InChI=1S/C12H12NO/c1-2-6-12-10(4-1)5-3-7-13(12)8-11-9-14-11/h1-7,11H,8-9H2/q+1. The fourth-order valence-electron chi connectivity index (χ4n) is 1.77. The van der Waals surface area contributed by atoms with Gasteiger partial charge in [0.2, 0.25) is 5.52 Å². The van der Waals surface area contributed by atoms with E-state index in [1.54, 1.807) is 0 Å². The molecule has 1 aliphatic rings. The number of hydrogen-bond acceptors (Lipinski definition) is 1. The van der Waals surface area contributed by atoms with Crippen LogP contribution in [0.4, 0.5) is 0 Å². The fourth-order valence-corrected chi connectivity index (χ4v) is 1.77. The zero-order valence-electron chi connectivity index (χ0n) is 7.89. The summed E-state index contributed by atoms with van der Waals surface area (Å²) in [6.45, 7) is 1.89. The average Bonchev–Trinajstić information content (AvgIpc) is 3.03. The maximum absolute atomic E-state index is 5.24. The minimum atomic E-state index is 0.436. The molecule has 0 spiro atoms. The molecule has 3 rings (SSSR count). The Morgan fingerprint density at radius 1 is 1.21 bits per heavy atom. The lowest BCUT2D eigenvalue weighted by atomic mass is 10.2. The van der Waals surface area contributed by atoms with E-state index in [2.05, 4.69) is 47.2 Å². The van der Waals surface area contributed by atoms with E-state index in [-0.39, 0.29) is 0 Å². The van der Waals surface area contributed by atoms with Gasteiger partial charge in [-0.15, -0.1) is 0 Å². The van der Waals surface area contributed by atoms with Gasteiger partial charge in [-0.2, -0.15) is 4.57 Å². The molecule has 0 radical (unpaired) electrons. The largest absolute Gasteiger partial charge is 0.366 e. The van der Waals surface area contributed by atoms with Crippen LogP contribution < -0.4 is 4.57 Å². The van der Waals surface area contributed by atoms with E-state index >= 15 is 0 Å². The van der Waals surface area contributed by atoms with Gasteiger partial charge in [0.05, 0.1) is 6.61 Å². The summed E-state index contributed by atoms with van der Waals surface area (Å²) in [6.07, 6.45) is 2.55. The Labute approximate surface area is 82.7 Å². The second kappa shape index (κ2) is 3.07. The van der Waals surface area contributed by atoms with E-state index < -0.39 is 0 Å². The van der Waals surface area contributed by atoms with Crippen LogP contribution in [0.1, 0.15) is 0 Å². The molecule has 1 aromatic heterocycles. The van der Waals surface area contributed by atoms with E-state index in [4.69, 9.17) is 4.74 Å². The molecule has 1 saturated heterocycles. The van der Waals surface area contributed by atoms with Crippen LogP contribution in [0.15, 0.2) is 42.6 Å². The van der Waals surface area contributed by atoms with Crippen molar-refractivity contribution in [2.45, 2.75) is 12.6 Å². The van der Waals surface area contributed by atoms with Crippen LogP contribution in [0.3, 0.4) is 0 Å². The van der Waals surface area contributed by atoms with Gasteiger partial charge in [0.1, 0.15) is 6.10 Å². The molecular formula is C12H12NO+. The van der Waals surface area contributed by atoms with Gasteiger partial charge in [0.25, 0.3) is 0 Å². The smallest absolute Gasteiger partial charge is 0.212 e. The first-order valence-corrected chi connectivity index (χ1v) is 4.92. The number of hydrogen-bond donors (Lipinski definition) is 0. The third kappa shape index (κ3) is 1.38. The van der Waals surface area contributed by atoms with Crippen LogP contribution in [0.25, 0.3) is 10.9 Å². The summed E-state index contributed by atoms with van der Waals surface area (Å²) in [5.41, 5.74) is 1.28. The van der Waals surface area contributed by atoms with Crippen molar-refractivity contribution in [3.05, 3.63) is 42.6 Å². The van der Waals surface area contributed by atoms with Crippen molar-refractivity contribution < 1.29 is 9.30 Å². The quantitative estimate of drug-likeness (QED) is 0.513. The molecule has 0 bridgehead atoms. The van der Waals surface area contributed by atoms with Crippen molar-refractivity contribution >= 4 is 10.9 Å². The number of benzene rings is 1. The highest BCUT2D eigenvalue weighted by atomic mass is 16.6. The maximum atomic E-state index is 5.24. The van der Waals surface area contributed by atoms with Gasteiger partial charge in [-0.3, -0.25) is 0 Å². The Morgan fingerprint density at radius 3 is 2.86 bits per heavy atom. The van der Waals surface area contributed by atoms with E-state index in [9.17, 15) is 0 Å². The number of epoxide rings is 1. The lowest BCUT2D eigenvalue weighted by Crippen LogP contribution is -2.36. The molecule has 0 N–H and O–H groups in total. The Kier molecular flexibility index (Phi) is 1.74. The zero-order chi connectivity index (χ0) is 9.38. The second-order valence-electron chi connectivity index (χ2n) is 3.67. The van der Waals surface area contributed by atoms with Crippen LogP contribution in [-0.4, -0.2) is 12.7 Å². The van der Waals surface area contributed by atoms with Gasteiger partial charge in [-0.1, -0.05) is 12.1 Å². The molecule has 2 aromatic rings. The van der Waals surface area contributed by atoms with Gasteiger partial charge in [0, 0.05) is 17.5 Å². The van der Waals surface area contributed by atoms with Gasteiger partial charge < -0.3 is 4.74 Å². The number of aromatic nitrogens is 1. The van der Waals surface area contributed by atoms with Crippen molar-refractivity contribution in [3.63, 3.8) is 0 Å². The minimum absolute atomic E-state index is 0.436. The SMILES string of the molecule is c1ccc2c(c1)ccc[n+]2CC1CO1. The van der Waals surface area contributed by atoms with Gasteiger partial charge in [-0.25, -0.2) is 0 Å². The molecule has 1 fully saturated rings. The first-order valence-electron chi connectivity index (χ1n) is 4.92. The highest BCUT2D eigenvalue weighted by molar-refractivity contribution is 5.74. The van der Waals surface area contributed by atoms with E-state index in [0.717, 1.165) is 13.2 Å². The fraction of sp³-hybridized carbons (Fsp3) is 0.250. The van der Waals surface area contributed by atoms with E-state index in [0.29, 0.717) is 6.10 Å². The summed E-state index contributed by atoms with van der Waals surface area (Å²) in [5.74, 6) is 0. The van der Waals surface area contributed by atoms with Crippen molar-refractivity contribution in [1.29, 1.82) is 0 Å². The monoisotopic (exact) mass is 186 g/mol. The molecule has 14 heavy (non-hydrogen) atoms. The lowest BCUT2D eigenvalue weighted by Gasteiger charge is -1.98. The summed E-state index contributed by atoms with van der Waals surface area (Å²) >= 11 is 0. The van der Waals surface area contributed by atoms with Crippen LogP contribution in [-0.2, 0) is 11.3 Å². The lowest BCUT2D eigenvalue weighted by molar-refractivity contribution is -0.672. The van der Waals surface area contributed by atoms with Crippen LogP contribution in [0.5, 0.6) is 0 Å². The predicted molar refractivity (Wildman–Crippen MR) is 53.9 cm³/mol. The summed E-state index contributed by atoms with van der Waals surface area (Å²) in [7, 11) is 0. The molecular weight excluding hydrogens is 174 g/mol. The highest BCUT2D eigenvalue weighted by Gasteiger charge is 2.27. The van der Waals surface area contributed by atoms with Crippen molar-refractivity contribution in [3.8, 4) is 0 Å². The van der Waals surface area contributed by atoms with Gasteiger partial charge in [-0.05, 0) is 12.1 Å². The topological polar surface area (TPSA) is 16.4 Å². The molecule has 0 amide bonds. The number of rotatable bonds is 2. The van der Waals surface area contributed by atoms with Crippen LogP contribution >= 0.6 is 0 Å². The molecule has 70 valence electrons. The summed E-state index contributed by atoms with van der Waals surface area (Å²) in [5, 5.41) is 1.29. The Hall–Kier alpha value is -1.41. The Balaban J connectivity index is 2.11. The average molecular weight is 186 g/mol. The molecule has 1 atom stereocenters. The van der Waals surface area contributed by atoms with Crippen molar-refractivity contribution in [1.82, 2.24) is 0 Å². The molecule has 2 nitrogen and oxygen atoms in total. The van der Waals surface area contributed by atoms with Gasteiger partial charge in [0.15, 0.2) is 12.7 Å². The molecule has 1 aliphatic heterocycles. The van der Waals surface area contributed by atoms with Crippen LogP contribution in [0.2, 0.25) is 0 Å². The Bertz CT molecular complexity index is 457. The van der Waals surface area contributed by atoms with Gasteiger partial charge >= 0.3 is 0 Å². The Morgan fingerprint density at radius 2 is 2.00 bits per heavy atom. The summed E-state index contributed by atoms with van der Waals surface area (Å²) in [4.78, 5) is 0. The molecule has 1 unspecified atom stereocenters. The molecule has 0 aliphatic carbocycles. The summed E-state index contributed by atoms with van der Waals surface area (Å²) < 4.78 is 7.50. The second-order valence-corrected chi connectivity index (χ2v) is 3.67. The summed E-state index contributed by atoms with van der Waals surface area (Å²) in [6, 6.07) is 12.7. The molecule has 2 heterocycles. The van der Waals surface area contributed by atoms with Crippen LogP contribution in [0, 0.1) is 0 Å². The van der Waals surface area contributed by atoms with E-state index in [1.165, 1.54) is 10.9 Å². The molecule has 0 saturated carbocycles. The number of nitrogens with zero attached hydrogens (tertiary/aromatic N) is 1. The highest BCUT2D eigenvalue weighted by Crippen LogP contribution is 2.12. The number of ether oxygens (including phenoxy) is 1. The normalized spacial score (nSPS) is 19.9. The van der Waals surface area contributed by atoms with Crippen molar-refractivity contribution in [2.24, 2.45) is 0 Å². The number of para-hydroxylation sites is 1. The predicted octanol–water partition coefficient (Wildman–Crippen LogP) is 1.53. The molecule has 2 heteroatoms. The number of pyridine rings is 1. The number of fused-ring (bicyclic) bond motifs is 1. The third-order valence-electron chi connectivity index (χ3n) is 2.59. The molecule has 1 aromatic carbocycles.